The van der Waals surface area contributed by atoms with Gasteiger partial charge in [0.2, 0.25) is 5.88 Å². The van der Waals surface area contributed by atoms with Gasteiger partial charge in [-0.2, -0.15) is 23.4 Å². The van der Waals surface area contributed by atoms with Crippen LogP contribution in [0.25, 0.3) is 16.9 Å². The standard InChI is InChI=1S/C18H15F3N8O2/c1-9-11-6-10(7-22-16(11)28(2)27-9)24-17(30)12-8-23-29(15(12)18(19,20)21)13-4-5-14(31-3)26-25-13/h4-8H,1-3H3,(H,24,30). The highest BCUT2D eigenvalue weighted by atomic mass is 19.4. The maximum absolute atomic E-state index is 13.8. The normalized spacial score (nSPS) is 11.7. The summed E-state index contributed by atoms with van der Waals surface area (Å²) in [5.41, 5.74) is -0.483. The van der Waals surface area contributed by atoms with Crippen molar-refractivity contribution in [2.24, 2.45) is 7.05 Å². The van der Waals surface area contributed by atoms with E-state index in [9.17, 15) is 18.0 Å². The van der Waals surface area contributed by atoms with Crippen molar-refractivity contribution in [2.45, 2.75) is 13.1 Å². The summed E-state index contributed by atoms with van der Waals surface area (Å²) in [5, 5.41) is 18.3. The summed E-state index contributed by atoms with van der Waals surface area (Å²) in [5.74, 6) is -1.10. The van der Waals surface area contributed by atoms with E-state index in [4.69, 9.17) is 4.74 Å². The smallest absolute Gasteiger partial charge is 0.434 e. The van der Waals surface area contributed by atoms with Gasteiger partial charge in [0, 0.05) is 18.5 Å². The van der Waals surface area contributed by atoms with Crippen LogP contribution in [0.15, 0.2) is 30.6 Å². The largest absolute Gasteiger partial charge is 0.480 e. The third-order valence-electron chi connectivity index (χ3n) is 4.46. The number of hydrogen-bond donors (Lipinski definition) is 1. The van der Waals surface area contributed by atoms with Crippen molar-refractivity contribution >= 4 is 22.6 Å². The minimum Gasteiger partial charge on any atom is -0.480 e. The van der Waals surface area contributed by atoms with E-state index in [1.54, 1.807) is 24.7 Å². The molecule has 4 heterocycles. The SMILES string of the molecule is COc1ccc(-n2ncc(C(=O)Nc3cnc4c(c3)c(C)nn4C)c2C(F)(F)F)nn1. The molecule has 160 valence electrons. The van der Waals surface area contributed by atoms with E-state index in [1.807, 2.05) is 0 Å². The lowest BCUT2D eigenvalue weighted by molar-refractivity contribution is -0.143. The van der Waals surface area contributed by atoms with Crippen LogP contribution in [0, 0.1) is 6.92 Å². The number of hydrogen-bond acceptors (Lipinski definition) is 7. The molecule has 13 heteroatoms. The van der Waals surface area contributed by atoms with Crippen molar-refractivity contribution in [3.05, 3.63) is 47.5 Å². The number of amides is 1. The first-order valence-corrected chi connectivity index (χ1v) is 8.83. The van der Waals surface area contributed by atoms with Gasteiger partial charge in [0.25, 0.3) is 5.91 Å². The van der Waals surface area contributed by atoms with E-state index >= 15 is 0 Å². The van der Waals surface area contributed by atoms with E-state index in [-0.39, 0.29) is 17.4 Å². The number of halogens is 3. The molecule has 0 fully saturated rings. The van der Waals surface area contributed by atoms with Crippen molar-refractivity contribution in [1.29, 1.82) is 0 Å². The van der Waals surface area contributed by atoms with Crippen molar-refractivity contribution in [3.8, 4) is 11.7 Å². The third kappa shape index (κ3) is 3.65. The number of carbonyl (C=O) groups excluding carboxylic acids is 1. The number of aryl methyl sites for hydroxylation is 2. The number of rotatable bonds is 4. The Balaban J connectivity index is 1.71. The summed E-state index contributed by atoms with van der Waals surface area (Å²) in [7, 11) is 3.06. The number of alkyl halides is 3. The van der Waals surface area contributed by atoms with Gasteiger partial charge in [-0.15, -0.1) is 10.2 Å². The Bertz CT molecular complexity index is 1280. The molecule has 1 N–H and O–H groups in total. The Morgan fingerprint density at radius 1 is 1.19 bits per heavy atom. The summed E-state index contributed by atoms with van der Waals surface area (Å²) in [6.07, 6.45) is -2.72. The number of methoxy groups -OCH3 is 1. The second-order valence-electron chi connectivity index (χ2n) is 6.51. The van der Waals surface area contributed by atoms with Crippen molar-refractivity contribution < 1.29 is 22.7 Å². The zero-order valence-corrected chi connectivity index (χ0v) is 16.5. The molecule has 0 aliphatic heterocycles. The Hall–Kier alpha value is -4.03. The maximum atomic E-state index is 13.8. The van der Waals surface area contributed by atoms with Gasteiger partial charge in [0.05, 0.1) is 36.4 Å². The predicted octanol–water partition coefficient (Wildman–Crippen LogP) is 2.53. The van der Waals surface area contributed by atoms with Crippen LogP contribution in [0.4, 0.5) is 18.9 Å². The molecule has 0 bridgehead atoms. The fraction of sp³-hybridized carbons (Fsp3) is 0.222. The first-order valence-electron chi connectivity index (χ1n) is 8.83. The second kappa shape index (κ2) is 7.34. The molecule has 0 saturated heterocycles. The number of carbonyl (C=O) groups is 1. The van der Waals surface area contributed by atoms with Crippen LogP contribution < -0.4 is 10.1 Å². The minimum atomic E-state index is -4.88. The molecular formula is C18H15F3N8O2. The van der Waals surface area contributed by atoms with Gasteiger partial charge in [-0.25, -0.2) is 9.67 Å². The van der Waals surface area contributed by atoms with E-state index in [0.717, 1.165) is 6.20 Å². The Morgan fingerprint density at radius 2 is 1.97 bits per heavy atom. The van der Waals surface area contributed by atoms with Crippen LogP contribution in [0.3, 0.4) is 0 Å². The fourth-order valence-electron chi connectivity index (χ4n) is 3.07. The van der Waals surface area contributed by atoms with E-state index in [1.165, 1.54) is 25.4 Å². The zero-order valence-electron chi connectivity index (χ0n) is 16.5. The molecule has 4 aromatic rings. The van der Waals surface area contributed by atoms with Gasteiger partial charge in [-0.05, 0) is 19.1 Å². The molecule has 10 nitrogen and oxygen atoms in total. The fourth-order valence-corrected chi connectivity index (χ4v) is 3.07. The molecule has 0 unspecified atom stereocenters. The molecular weight excluding hydrogens is 417 g/mol. The summed E-state index contributed by atoms with van der Waals surface area (Å²) in [6, 6.07) is 4.18. The Morgan fingerprint density at radius 3 is 2.61 bits per heavy atom. The summed E-state index contributed by atoms with van der Waals surface area (Å²) in [4.78, 5) is 16.9. The number of ether oxygens (including phenoxy) is 1. The number of pyridine rings is 1. The highest BCUT2D eigenvalue weighted by molar-refractivity contribution is 6.05. The molecule has 0 radical (unpaired) electrons. The highest BCUT2D eigenvalue weighted by Crippen LogP contribution is 2.34. The van der Waals surface area contributed by atoms with E-state index in [0.29, 0.717) is 21.4 Å². The number of aromatic nitrogens is 7. The molecule has 0 spiro atoms. The van der Waals surface area contributed by atoms with Gasteiger partial charge < -0.3 is 10.1 Å². The summed E-state index contributed by atoms with van der Waals surface area (Å²) >= 11 is 0. The first kappa shape index (κ1) is 20.3. The van der Waals surface area contributed by atoms with Crippen molar-refractivity contribution in [3.63, 3.8) is 0 Å². The van der Waals surface area contributed by atoms with E-state index in [2.05, 4.69) is 30.7 Å². The quantitative estimate of drug-likeness (QED) is 0.527. The molecule has 0 atom stereocenters. The van der Waals surface area contributed by atoms with Crippen LogP contribution in [0.1, 0.15) is 21.7 Å². The van der Waals surface area contributed by atoms with E-state index < -0.39 is 23.3 Å². The predicted molar refractivity (Wildman–Crippen MR) is 102 cm³/mol. The average molecular weight is 432 g/mol. The van der Waals surface area contributed by atoms with Crippen LogP contribution in [0.2, 0.25) is 0 Å². The molecule has 4 rings (SSSR count). The molecule has 0 saturated carbocycles. The summed E-state index contributed by atoms with van der Waals surface area (Å²) < 4.78 is 48.3. The van der Waals surface area contributed by atoms with Crippen LogP contribution >= 0.6 is 0 Å². The maximum Gasteiger partial charge on any atom is 0.434 e. The van der Waals surface area contributed by atoms with Crippen LogP contribution in [0.5, 0.6) is 5.88 Å². The molecule has 0 aliphatic carbocycles. The van der Waals surface area contributed by atoms with Gasteiger partial charge in [-0.1, -0.05) is 0 Å². The molecule has 31 heavy (non-hydrogen) atoms. The second-order valence-corrected chi connectivity index (χ2v) is 6.51. The lowest BCUT2D eigenvalue weighted by Crippen LogP contribution is -2.21. The molecule has 4 aromatic heterocycles. The number of nitrogens with one attached hydrogen (secondary N) is 1. The van der Waals surface area contributed by atoms with Gasteiger partial charge in [-0.3, -0.25) is 9.48 Å². The van der Waals surface area contributed by atoms with Gasteiger partial charge in [0.15, 0.2) is 17.2 Å². The van der Waals surface area contributed by atoms with Crippen molar-refractivity contribution in [1.82, 2.24) is 34.7 Å². The third-order valence-corrected chi connectivity index (χ3v) is 4.46. The van der Waals surface area contributed by atoms with Crippen molar-refractivity contribution in [2.75, 3.05) is 12.4 Å². The van der Waals surface area contributed by atoms with Gasteiger partial charge in [0.1, 0.15) is 0 Å². The van der Waals surface area contributed by atoms with Crippen LogP contribution in [-0.4, -0.2) is 47.8 Å². The number of nitrogens with zero attached hydrogens (tertiary/aromatic N) is 7. The highest BCUT2D eigenvalue weighted by Gasteiger charge is 2.41. The molecule has 1 amide bonds. The Kier molecular flexibility index (Phi) is 4.79. The topological polar surface area (TPSA) is 113 Å². The monoisotopic (exact) mass is 432 g/mol. The lowest BCUT2D eigenvalue weighted by Gasteiger charge is -2.12. The lowest BCUT2D eigenvalue weighted by atomic mass is 10.2. The Labute approximate surface area is 172 Å². The average Bonchev–Trinajstić information content (AvgIpc) is 3.30. The molecule has 0 aliphatic rings. The van der Waals surface area contributed by atoms with Crippen LogP contribution in [-0.2, 0) is 13.2 Å². The molecule has 0 aromatic carbocycles. The zero-order chi connectivity index (χ0) is 22.3. The summed E-state index contributed by atoms with van der Waals surface area (Å²) in [6.45, 7) is 1.76. The first-order chi connectivity index (χ1) is 14.7. The number of fused-ring (bicyclic) bond motifs is 1. The number of anilines is 1. The minimum absolute atomic E-state index is 0.121. The van der Waals surface area contributed by atoms with Gasteiger partial charge >= 0.3 is 6.18 Å².